The maximum absolute atomic E-state index is 4.47. The first-order valence-corrected chi connectivity index (χ1v) is 6.84. The van der Waals surface area contributed by atoms with Gasteiger partial charge < -0.3 is 10.2 Å². The van der Waals surface area contributed by atoms with Crippen molar-refractivity contribution >= 4 is 11.5 Å². The third kappa shape index (κ3) is 2.40. The lowest BCUT2D eigenvalue weighted by Crippen LogP contribution is -2.35. The van der Waals surface area contributed by atoms with E-state index in [0.717, 1.165) is 42.8 Å². The number of nitrogens with one attached hydrogen (secondary N) is 1. The summed E-state index contributed by atoms with van der Waals surface area (Å²) in [5.74, 6) is 2.55. The number of aromatic nitrogens is 4. The quantitative estimate of drug-likeness (QED) is 0.887. The molecule has 0 saturated carbocycles. The van der Waals surface area contributed by atoms with E-state index in [0.29, 0.717) is 0 Å². The maximum Gasteiger partial charge on any atom is 0.203 e. The molecule has 6 nitrogen and oxygen atoms in total. The van der Waals surface area contributed by atoms with Crippen LogP contribution in [0.2, 0.25) is 0 Å². The zero-order valence-corrected chi connectivity index (χ0v) is 11.5. The molecule has 6 heteroatoms. The van der Waals surface area contributed by atoms with E-state index in [2.05, 4.69) is 32.4 Å². The minimum absolute atomic E-state index is 0.734. The van der Waals surface area contributed by atoms with Gasteiger partial charge in [0.1, 0.15) is 5.82 Å². The first-order chi connectivity index (χ1) is 9.25. The van der Waals surface area contributed by atoms with Crippen LogP contribution in [-0.4, -0.2) is 46.3 Å². The molecule has 0 aromatic carbocycles. The molecule has 1 fully saturated rings. The Bertz CT molecular complexity index is 557. The zero-order chi connectivity index (χ0) is 13.2. The Labute approximate surface area is 112 Å². The fraction of sp³-hybridized carbons (Fsp3) is 0.615. The second kappa shape index (κ2) is 5.13. The van der Waals surface area contributed by atoms with Crippen molar-refractivity contribution in [3.8, 4) is 0 Å². The highest BCUT2D eigenvalue weighted by atomic mass is 15.3. The lowest BCUT2D eigenvalue weighted by molar-refractivity contribution is 0.377. The third-order valence-corrected chi connectivity index (χ3v) is 3.83. The molecule has 0 unspecified atom stereocenters. The van der Waals surface area contributed by atoms with Gasteiger partial charge in [-0.25, -0.2) is 4.98 Å². The van der Waals surface area contributed by atoms with Gasteiger partial charge in [-0.15, -0.1) is 10.2 Å². The average molecular weight is 260 g/mol. The molecule has 0 spiro atoms. The highest BCUT2D eigenvalue weighted by Crippen LogP contribution is 2.20. The summed E-state index contributed by atoms with van der Waals surface area (Å²) in [5, 5.41) is 11.8. The number of piperidine rings is 1. The summed E-state index contributed by atoms with van der Waals surface area (Å²) in [6, 6.07) is 0. The number of hydrogen-bond donors (Lipinski definition) is 1. The number of hydrogen-bond acceptors (Lipinski definition) is 5. The van der Waals surface area contributed by atoms with Crippen LogP contribution in [0.5, 0.6) is 0 Å². The predicted octanol–water partition coefficient (Wildman–Crippen LogP) is 0.869. The fourth-order valence-electron chi connectivity index (χ4n) is 2.74. The van der Waals surface area contributed by atoms with Crippen LogP contribution in [-0.2, 0) is 0 Å². The highest BCUT2D eigenvalue weighted by molar-refractivity contribution is 5.63. The molecule has 3 rings (SSSR count). The van der Waals surface area contributed by atoms with Crippen molar-refractivity contribution in [3.05, 3.63) is 18.2 Å². The van der Waals surface area contributed by atoms with Gasteiger partial charge in [-0.3, -0.25) is 4.40 Å². The van der Waals surface area contributed by atoms with Crippen molar-refractivity contribution in [3.63, 3.8) is 0 Å². The monoisotopic (exact) mass is 260 g/mol. The zero-order valence-electron chi connectivity index (χ0n) is 11.5. The van der Waals surface area contributed by atoms with E-state index in [4.69, 9.17) is 0 Å². The smallest absolute Gasteiger partial charge is 0.203 e. The summed E-state index contributed by atoms with van der Waals surface area (Å²) in [6.07, 6.45) is 6.20. The van der Waals surface area contributed by atoms with E-state index in [1.54, 1.807) is 0 Å². The van der Waals surface area contributed by atoms with Gasteiger partial charge >= 0.3 is 0 Å². The van der Waals surface area contributed by atoms with Crippen molar-refractivity contribution in [2.24, 2.45) is 5.92 Å². The Morgan fingerprint density at radius 3 is 2.95 bits per heavy atom. The first kappa shape index (κ1) is 12.3. The molecule has 0 aliphatic carbocycles. The number of fused-ring (bicyclic) bond motifs is 1. The van der Waals surface area contributed by atoms with Gasteiger partial charge in [-0.2, -0.15) is 0 Å². The van der Waals surface area contributed by atoms with Gasteiger partial charge in [0.2, 0.25) is 5.65 Å². The Balaban J connectivity index is 1.82. The van der Waals surface area contributed by atoms with Crippen LogP contribution in [0.15, 0.2) is 12.4 Å². The number of anilines is 1. The van der Waals surface area contributed by atoms with Crippen molar-refractivity contribution in [1.29, 1.82) is 0 Å². The molecule has 19 heavy (non-hydrogen) atoms. The van der Waals surface area contributed by atoms with E-state index in [1.165, 1.54) is 12.8 Å². The van der Waals surface area contributed by atoms with Crippen LogP contribution in [0.1, 0.15) is 18.7 Å². The summed E-state index contributed by atoms with van der Waals surface area (Å²) in [5.41, 5.74) is 0.844. The molecule has 3 heterocycles. The van der Waals surface area contributed by atoms with Crippen LogP contribution >= 0.6 is 0 Å². The predicted molar refractivity (Wildman–Crippen MR) is 74.4 cm³/mol. The summed E-state index contributed by atoms with van der Waals surface area (Å²) < 4.78 is 1.99. The van der Waals surface area contributed by atoms with Crippen LogP contribution in [0.3, 0.4) is 0 Å². The number of rotatable bonds is 3. The fourth-order valence-corrected chi connectivity index (χ4v) is 2.74. The average Bonchev–Trinajstić information content (AvgIpc) is 2.82. The Morgan fingerprint density at radius 2 is 2.16 bits per heavy atom. The molecule has 1 aliphatic heterocycles. The molecular formula is C13H20N6. The van der Waals surface area contributed by atoms with Gasteiger partial charge in [0, 0.05) is 26.0 Å². The second-order valence-corrected chi connectivity index (χ2v) is 5.27. The molecular weight excluding hydrogens is 240 g/mol. The van der Waals surface area contributed by atoms with Gasteiger partial charge in [-0.05, 0) is 38.8 Å². The molecule has 102 valence electrons. The topological polar surface area (TPSA) is 58.4 Å². The largest absolute Gasteiger partial charge is 0.356 e. The van der Waals surface area contributed by atoms with Crippen molar-refractivity contribution < 1.29 is 0 Å². The molecule has 0 atom stereocenters. The van der Waals surface area contributed by atoms with E-state index in [1.807, 2.05) is 23.7 Å². The summed E-state index contributed by atoms with van der Waals surface area (Å²) in [7, 11) is 2.09. The molecule has 1 N–H and O–H groups in total. The summed E-state index contributed by atoms with van der Waals surface area (Å²) >= 11 is 0. The van der Waals surface area contributed by atoms with E-state index in [-0.39, 0.29) is 0 Å². The lowest BCUT2D eigenvalue weighted by Gasteiger charge is -2.28. The first-order valence-electron chi connectivity index (χ1n) is 6.84. The third-order valence-electron chi connectivity index (χ3n) is 3.83. The molecule has 0 bridgehead atoms. The molecule has 0 amide bonds. The van der Waals surface area contributed by atoms with Crippen molar-refractivity contribution in [2.45, 2.75) is 19.8 Å². The molecule has 0 radical (unpaired) electrons. The normalized spacial score (nSPS) is 16.9. The molecule has 2 aromatic heterocycles. The Hall–Kier alpha value is -1.69. The summed E-state index contributed by atoms with van der Waals surface area (Å²) in [6.45, 7) is 5.23. The van der Waals surface area contributed by atoms with Gasteiger partial charge in [0.05, 0.1) is 0 Å². The molecule has 2 aromatic rings. The molecule has 1 saturated heterocycles. The van der Waals surface area contributed by atoms with E-state index < -0.39 is 0 Å². The van der Waals surface area contributed by atoms with Crippen LogP contribution in [0.25, 0.3) is 5.65 Å². The molecule has 1 aliphatic rings. The lowest BCUT2D eigenvalue weighted by atomic mass is 9.98. The van der Waals surface area contributed by atoms with Gasteiger partial charge in [-0.1, -0.05) is 0 Å². The van der Waals surface area contributed by atoms with E-state index in [9.17, 15) is 0 Å². The van der Waals surface area contributed by atoms with Gasteiger partial charge in [0.25, 0.3) is 0 Å². The van der Waals surface area contributed by atoms with Crippen LogP contribution in [0.4, 0.5) is 5.82 Å². The van der Waals surface area contributed by atoms with Crippen molar-refractivity contribution in [1.82, 2.24) is 24.9 Å². The number of aryl methyl sites for hydroxylation is 1. The number of nitrogens with zero attached hydrogens (tertiary/aromatic N) is 5. The SMILES string of the molecule is Cc1nnc2c(N(C)CC3CCNCC3)nccn12. The standard InChI is InChI=1S/C13H20N6/c1-10-16-17-13-12(15-7-8-19(10)13)18(2)9-11-3-5-14-6-4-11/h7-8,11,14H,3-6,9H2,1-2H3. The van der Waals surface area contributed by atoms with Crippen molar-refractivity contribution in [2.75, 3.05) is 31.6 Å². The Kier molecular flexibility index (Phi) is 3.33. The summed E-state index contributed by atoms with van der Waals surface area (Å²) in [4.78, 5) is 6.68. The Morgan fingerprint density at radius 1 is 1.37 bits per heavy atom. The minimum Gasteiger partial charge on any atom is -0.356 e. The van der Waals surface area contributed by atoms with Crippen LogP contribution in [0, 0.1) is 12.8 Å². The maximum atomic E-state index is 4.47. The van der Waals surface area contributed by atoms with Gasteiger partial charge in [0.15, 0.2) is 5.82 Å². The highest BCUT2D eigenvalue weighted by Gasteiger charge is 2.18. The van der Waals surface area contributed by atoms with Crippen LogP contribution < -0.4 is 10.2 Å². The minimum atomic E-state index is 0.734. The second-order valence-electron chi connectivity index (χ2n) is 5.27. The van der Waals surface area contributed by atoms with E-state index >= 15 is 0 Å².